The van der Waals surface area contributed by atoms with E-state index in [1.54, 1.807) is 6.20 Å². The molecule has 0 saturated carbocycles. The van der Waals surface area contributed by atoms with Gasteiger partial charge in [-0.1, -0.05) is 6.92 Å². The third-order valence-electron chi connectivity index (χ3n) is 1.20. The summed E-state index contributed by atoms with van der Waals surface area (Å²) in [6.07, 6.45) is 2.71. The van der Waals surface area contributed by atoms with Crippen LogP contribution in [0.4, 0.5) is 5.95 Å². The first-order valence-corrected chi connectivity index (χ1v) is 3.81. The minimum Gasteiger partial charge on any atom is -0.480 e. The molecule has 0 amide bonds. The van der Waals surface area contributed by atoms with Crippen LogP contribution in [0.3, 0.4) is 0 Å². The van der Waals surface area contributed by atoms with Gasteiger partial charge in [0, 0.05) is 5.69 Å². The van der Waals surface area contributed by atoms with Crippen molar-refractivity contribution >= 4 is 11.9 Å². The van der Waals surface area contributed by atoms with Crippen molar-refractivity contribution in [1.82, 2.24) is 9.97 Å². The normalized spacial score (nSPS) is 8.77. The third-order valence-corrected chi connectivity index (χ3v) is 1.20. The van der Waals surface area contributed by atoms with E-state index in [1.165, 1.54) is 0 Å². The number of aromatic amines is 1. The first-order valence-electron chi connectivity index (χ1n) is 3.81. The van der Waals surface area contributed by atoms with Crippen molar-refractivity contribution in [2.45, 2.75) is 13.3 Å². The molecule has 0 atom stereocenters. The average molecular weight is 186 g/mol. The number of aliphatic carboxylic acids is 1. The molecule has 0 bridgehead atoms. The number of carboxylic acid groups (broad SMARTS) is 1. The van der Waals surface area contributed by atoms with Crippen LogP contribution >= 0.6 is 0 Å². The van der Waals surface area contributed by atoms with E-state index in [1.807, 2.05) is 6.92 Å². The lowest BCUT2D eigenvalue weighted by Gasteiger charge is -1.82. The van der Waals surface area contributed by atoms with E-state index in [0.717, 1.165) is 12.1 Å². The van der Waals surface area contributed by atoms with Gasteiger partial charge < -0.3 is 21.6 Å². The van der Waals surface area contributed by atoms with Gasteiger partial charge in [-0.2, -0.15) is 0 Å². The van der Waals surface area contributed by atoms with Crippen molar-refractivity contribution in [3.8, 4) is 0 Å². The lowest BCUT2D eigenvalue weighted by molar-refractivity contribution is -0.135. The molecule has 6 N–H and O–H groups in total. The SMILES string of the molecule is CCc1cnc(N)[nH]1.NCC(=O)O. The monoisotopic (exact) mass is 186 g/mol. The van der Waals surface area contributed by atoms with E-state index in [9.17, 15) is 4.79 Å². The summed E-state index contributed by atoms with van der Waals surface area (Å²) in [6.45, 7) is 1.77. The summed E-state index contributed by atoms with van der Waals surface area (Å²) in [4.78, 5) is 15.9. The molecule has 0 radical (unpaired) electrons. The molecule has 6 nitrogen and oxygen atoms in total. The number of nitrogens with two attached hydrogens (primary N) is 2. The molecule has 74 valence electrons. The van der Waals surface area contributed by atoms with Crippen LogP contribution in [0.5, 0.6) is 0 Å². The number of hydrogen-bond acceptors (Lipinski definition) is 4. The molecule has 1 rings (SSSR count). The smallest absolute Gasteiger partial charge is 0.317 e. The molecule has 0 spiro atoms. The Balaban J connectivity index is 0.000000252. The summed E-state index contributed by atoms with van der Waals surface area (Å²) in [5, 5.41) is 7.60. The molecule has 1 heterocycles. The zero-order valence-electron chi connectivity index (χ0n) is 7.45. The van der Waals surface area contributed by atoms with E-state index < -0.39 is 5.97 Å². The second-order valence-corrected chi connectivity index (χ2v) is 2.25. The number of rotatable bonds is 2. The number of hydrogen-bond donors (Lipinski definition) is 4. The molecule has 13 heavy (non-hydrogen) atoms. The summed E-state index contributed by atoms with van der Waals surface area (Å²) >= 11 is 0. The van der Waals surface area contributed by atoms with Gasteiger partial charge in [-0.25, -0.2) is 4.98 Å². The molecule has 0 aromatic carbocycles. The van der Waals surface area contributed by atoms with Crippen molar-refractivity contribution in [3.05, 3.63) is 11.9 Å². The number of H-pyrrole nitrogens is 1. The van der Waals surface area contributed by atoms with E-state index in [2.05, 4.69) is 15.7 Å². The number of aryl methyl sites for hydroxylation is 1. The lowest BCUT2D eigenvalue weighted by atomic mass is 10.4. The van der Waals surface area contributed by atoms with Crippen molar-refractivity contribution in [3.63, 3.8) is 0 Å². The standard InChI is InChI=1S/C5H9N3.C2H5NO2/c1-2-4-3-7-5(6)8-4;3-1-2(4)5/h3H,2H2,1H3,(H3,6,7,8);1,3H2,(H,4,5). The molecule has 0 aliphatic heterocycles. The highest BCUT2D eigenvalue weighted by atomic mass is 16.4. The highest BCUT2D eigenvalue weighted by Gasteiger charge is 1.89. The molecule has 0 aliphatic rings. The van der Waals surface area contributed by atoms with Crippen LogP contribution < -0.4 is 11.5 Å². The topological polar surface area (TPSA) is 118 Å². The van der Waals surface area contributed by atoms with Crippen molar-refractivity contribution in [2.75, 3.05) is 12.3 Å². The van der Waals surface area contributed by atoms with E-state index >= 15 is 0 Å². The van der Waals surface area contributed by atoms with Gasteiger partial charge in [0.05, 0.1) is 12.7 Å². The van der Waals surface area contributed by atoms with E-state index in [-0.39, 0.29) is 6.54 Å². The molecular formula is C7H14N4O2. The molecule has 6 heteroatoms. The van der Waals surface area contributed by atoms with Gasteiger partial charge in [-0.3, -0.25) is 4.79 Å². The van der Waals surface area contributed by atoms with Gasteiger partial charge in [-0.05, 0) is 6.42 Å². The minimum absolute atomic E-state index is 0.278. The molecule has 0 aliphatic carbocycles. The maximum atomic E-state index is 9.24. The Morgan fingerprint density at radius 3 is 2.46 bits per heavy atom. The summed E-state index contributed by atoms with van der Waals surface area (Å²) in [5.74, 6) is -0.466. The van der Waals surface area contributed by atoms with Gasteiger partial charge in [0.15, 0.2) is 5.95 Å². The quantitative estimate of drug-likeness (QED) is 0.500. The molecule has 0 unspecified atom stereocenters. The number of anilines is 1. The number of nitrogen functional groups attached to an aromatic ring is 1. The fourth-order valence-electron chi connectivity index (χ4n) is 0.556. The highest BCUT2D eigenvalue weighted by Crippen LogP contribution is 1.96. The van der Waals surface area contributed by atoms with Crippen molar-refractivity contribution in [1.29, 1.82) is 0 Å². The van der Waals surface area contributed by atoms with Crippen LogP contribution in [0.2, 0.25) is 0 Å². The summed E-state index contributed by atoms with van der Waals surface area (Å²) < 4.78 is 0. The average Bonchev–Trinajstić information content (AvgIpc) is 2.52. The van der Waals surface area contributed by atoms with Crippen LogP contribution in [0.25, 0.3) is 0 Å². The largest absolute Gasteiger partial charge is 0.480 e. The Morgan fingerprint density at radius 2 is 2.31 bits per heavy atom. The van der Waals surface area contributed by atoms with Gasteiger partial charge in [-0.15, -0.1) is 0 Å². The van der Waals surface area contributed by atoms with Crippen LogP contribution in [0, 0.1) is 0 Å². The fraction of sp³-hybridized carbons (Fsp3) is 0.429. The Labute approximate surface area is 76.0 Å². The number of imidazole rings is 1. The zero-order chi connectivity index (χ0) is 10.3. The van der Waals surface area contributed by atoms with E-state index in [4.69, 9.17) is 10.8 Å². The highest BCUT2D eigenvalue weighted by molar-refractivity contribution is 5.68. The molecule has 0 fully saturated rings. The summed E-state index contributed by atoms with van der Waals surface area (Å²) in [5.41, 5.74) is 10.9. The Morgan fingerprint density at radius 1 is 1.77 bits per heavy atom. The lowest BCUT2D eigenvalue weighted by Crippen LogP contribution is -2.10. The van der Waals surface area contributed by atoms with Gasteiger partial charge in [0.1, 0.15) is 0 Å². The summed E-state index contributed by atoms with van der Waals surface area (Å²) in [6, 6.07) is 0. The first kappa shape index (κ1) is 11.4. The fourth-order valence-corrected chi connectivity index (χ4v) is 0.556. The maximum Gasteiger partial charge on any atom is 0.317 e. The van der Waals surface area contributed by atoms with Crippen LogP contribution in [-0.2, 0) is 11.2 Å². The zero-order valence-corrected chi connectivity index (χ0v) is 7.45. The molecular weight excluding hydrogens is 172 g/mol. The van der Waals surface area contributed by atoms with Crippen molar-refractivity contribution < 1.29 is 9.90 Å². The second-order valence-electron chi connectivity index (χ2n) is 2.25. The van der Waals surface area contributed by atoms with Crippen LogP contribution in [-0.4, -0.2) is 27.6 Å². The Hall–Kier alpha value is -1.56. The Kier molecular flexibility index (Phi) is 5.29. The third kappa shape index (κ3) is 5.68. The number of carbonyl (C=O) groups is 1. The maximum absolute atomic E-state index is 9.24. The molecule has 1 aromatic heterocycles. The van der Waals surface area contributed by atoms with Crippen LogP contribution in [0.15, 0.2) is 6.20 Å². The first-order chi connectivity index (χ1) is 6.10. The molecule has 0 saturated heterocycles. The Bertz CT molecular complexity index is 259. The molecule has 1 aromatic rings. The second kappa shape index (κ2) is 6.01. The van der Waals surface area contributed by atoms with E-state index in [0.29, 0.717) is 5.95 Å². The number of nitrogens with zero attached hydrogens (tertiary/aromatic N) is 1. The predicted octanol–water partition coefficient (Wildman–Crippen LogP) is -0.416. The van der Waals surface area contributed by atoms with Gasteiger partial charge in [0.25, 0.3) is 0 Å². The minimum atomic E-state index is -0.968. The number of carboxylic acids is 1. The predicted molar refractivity (Wildman–Crippen MR) is 49.1 cm³/mol. The van der Waals surface area contributed by atoms with Crippen LogP contribution in [0.1, 0.15) is 12.6 Å². The van der Waals surface area contributed by atoms with Gasteiger partial charge in [0.2, 0.25) is 0 Å². The summed E-state index contributed by atoms with van der Waals surface area (Å²) in [7, 11) is 0. The van der Waals surface area contributed by atoms with Crippen molar-refractivity contribution in [2.24, 2.45) is 5.73 Å². The number of nitrogens with one attached hydrogen (secondary N) is 1. The number of aromatic nitrogens is 2. The van der Waals surface area contributed by atoms with Gasteiger partial charge >= 0.3 is 5.97 Å².